The molecule has 0 aromatic heterocycles. The van der Waals surface area contributed by atoms with E-state index in [1.807, 2.05) is 0 Å². The van der Waals surface area contributed by atoms with Gasteiger partial charge >= 0.3 is 5.97 Å². The summed E-state index contributed by atoms with van der Waals surface area (Å²) in [6.45, 7) is 5.01. The summed E-state index contributed by atoms with van der Waals surface area (Å²) in [5.74, 6) is -0.0118. The molecule has 2 unspecified atom stereocenters. The van der Waals surface area contributed by atoms with Crippen LogP contribution in [0.5, 0.6) is 0 Å². The van der Waals surface area contributed by atoms with Gasteiger partial charge in [-0.3, -0.25) is 9.59 Å². The van der Waals surface area contributed by atoms with Gasteiger partial charge < -0.3 is 20.3 Å². The van der Waals surface area contributed by atoms with Gasteiger partial charge in [-0.05, 0) is 51.4 Å². The van der Waals surface area contributed by atoms with Crippen LogP contribution in [0.1, 0.15) is 431 Å². The van der Waals surface area contributed by atoms with Crippen LogP contribution in [0.4, 0.5) is 0 Å². The molecule has 0 rings (SSSR count). The Kier molecular flexibility index (Phi) is 69.9. The molecule has 2 atom stereocenters. The van der Waals surface area contributed by atoms with E-state index in [1.54, 1.807) is 0 Å². The first-order valence-corrected chi connectivity index (χ1v) is 37.4. The molecule has 0 saturated carbocycles. The van der Waals surface area contributed by atoms with E-state index in [-0.39, 0.29) is 18.5 Å². The lowest BCUT2D eigenvalue weighted by molar-refractivity contribution is -0.143. The van der Waals surface area contributed by atoms with E-state index in [1.165, 1.54) is 360 Å². The summed E-state index contributed by atoms with van der Waals surface area (Å²) in [7, 11) is 0. The first kappa shape index (κ1) is 79.6. The summed E-state index contributed by atoms with van der Waals surface area (Å²) >= 11 is 0. The van der Waals surface area contributed by atoms with Gasteiger partial charge in [-0.1, -0.05) is 379 Å². The van der Waals surface area contributed by atoms with Crippen LogP contribution in [0.2, 0.25) is 0 Å². The lowest BCUT2D eigenvalue weighted by Crippen LogP contribution is -2.45. The Bertz CT molecular complexity index is 1220. The Hall–Kier alpha value is -1.40. The molecule has 1 amide bonds. The van der Waals surface area contributed by atoms with E-state index in [0.717, 1.165) is 38.5 Å². The molecule has 482 valence electrons. The number of carbonyl (C=O) groups excluding carboxylic acids is 2. The fourth-order valence-electron chi connectivity index (χ4n) is 12.1. The minimum atomic E-state index is -0.666. The molecular formula is C75H147NO5. The second kappa shape index (κ2) is 71.1. The van der Waals surface area contributed by atoms with E-state index < -0.39 is 12.1 Å². The maximum Gasteiger partial charge on any atom is 0.305 e. The topological polar surface area (TPSA) is 95.9 Å². The second-order valence-corrected chi connectivity index (χ2v) is 26.0. The Balaban J connectivity index is 3.37. The van der Waals surface area contributed by atoms with Crippen LogP contribution in [0.25, 0.3) is 0 Å². The maximum atomic E-state index is 12.5. The zero-order valence-corrected chi connectivity index (χ0v) is 55.3. The number of aliphatic hydroxyl groups is 2. The highest BCUT2D eigenvalue weighted by molar-refractivity contribution is 5.76. The smallest absolute Gasteiger partial charge is 0.305 e. The largest absolute Gasteiger partial charge is 0.466 e. The van der Waals surface area contributed by atoms with Crippen LogP contribution in [0, 0.1) is 0 Å². The highest BCUT2D eigenvalue weighted by atomic mass is 16.5. The molecule has 6 nitrogen and oxygen atoms in total. The molecule has 0 fully saturated rings. The number of hydrogen-bond acceptors (Lipinski definition) is 5. The number of allylic oxidation sites excluding steroid dienone is 2. The van der Waals surface area contributed by atoms with Crippen molar-refractivity contribution in [2.45, 2.75) is 443 Å². The number of aliphatic hydroxyl groups excluding tert-OH is 2. The molecule has 0 aliphatic carbocycles. The number of nitrogens with one attached hydrogen (secondary N) is 1. The van der Waals surface area contributed by atoms with E-state index >= 15 is 0 Å². The van der Waals surface area contributed by atoms with Gasteiger partial charge in [0.1, 0.15) is 0 Å². The lowest BCUT2D eigenvalue weighted by atomic mass is 10.0. The quantitative estimate of drug-likeness (QED) is 0.0320. The fourth-order valence-corrected chi connectivity index (χ4v) is 12.1. The average Bonchev–Trinajstić information content (AvgIpc) is 3.47. The highest BCUT2D eigenvalue weighted by Gasteiger charge is 2.20. The van der Waals surface area contributed by atoms with Crippen molar-refractivity contribution in [3.05, 3.63) is 12.2 Å². The molecule has 0 spiro atoms. The molecule has 0 aromatic rings. The zero-order valence-electron chi connectivity index (χ0n) is 55.3. The van der Waals surface area contributed by atoms with Crippen molar-refractivity contribution >= 4 is 11.9 Å². The third-order valence-electron chi connectivity index (χ3n) is 17.8. The molecule has 3 N–H and O–H groups in total. The van der Waals surface area contributed by atoms with Gasteiger partial charge in [0.2, 0.25) is 5.91 Å². The normalized spacial score (nSPS) is 12.5. The van der Waals surface area contributed by atoms with Crippen molar-refractivity contribution in [2.75, 3.05) is 13.2 Å². The van der Waals surface area contributed by atoms with E-state index in [0.29, 0.717) is 25.9 Å². The van der Waals surface area contributed by atoms with E-state index in [4.69, 9.17) is 4.74 Å². The van der Waals surface area contributed by atoms with Gasteiger partial charge in [-0.25, -0.2) is 0 Å². The molecule has 0 saturated heterocycles. The monoisotopic (exact) mass is 1140 g/mol. The number of ether oxygens (including phenoxy) is 1. The number of esters is 1. The summed E-state index contributed by atoms with van der Waals surface area (Å²) in [6, 6.07) is -0.543. The molecule has 6 heteroatoms. The Labute approximate surface area is 508 Å². The molecule has 0 radical (unpaired) electrons. The van der Waals surface area contributed by atoms with Crippen molar-refractivity contribution < 1.29 is 24.5 Å². The van der Waals surface area contributed by atoms with Crippen LogP contribution >= 0.6 is 0 Å². The summed E-state index contributed by atoms with van der Waals surface area (Å²) in [5.41, 5.74) is 0. The predicted octanol–water partition coefficient (Wildman–Crippen LogP) is 24.3. The molecule has 81 heavy (non-hydrogen) atoms. The summed E-state index contributed by atoms with van der Waals surface area (Å²) in [6.07, 6.45) is 88.5. The van der Waals surface area contributed by atoms with Crippen LogP contribution in [-0.2, 0) is 14.3 Å². The summed E-state index contributed by atoms with van der Waals surface area (Å²) < 4.78 is 5.51. The zero-order chi connectivity index (χ0) is 58.5. The van der Waals surface area contributed by atoms with E-state index in [9.17, 15) is 19.8 Å². The number of unbranched alkanes of at least 4 members (excludes halogenated alkanes) is 58. The van der Waals surface area contributed by atoms with Crippen LogP contribution < -0.4 is 5.32 Å². The molecular weight excluding hydrogens is 995 g/mol. The van der Waals surface area contributed by atoms with Gasteiger partial charge in [0.25, 0.3) is 0 Å². The molecule has 0 heterocycles. The first-order chi connectivity index (χ1) is 40.0. The predicted molar refractivity (Wildman–Crippen MR) is 357 cm³/mol. The first-order valence-electron chi connectivity index (χ1n) is 37.4. The SMILES string of the molecule is CCCCCCCCCCCCCCCCCCCCCCC(O)C(CO)NC(=O)CCCCCCCCCCCC/C=C\CCCCCCCCCCCCCCOC(=O)CCCCCCCCCCCCCCCCCCCC. The number of amides is 1. The Morgan fingerprint density at radius 3 is 0.877 bits per heavy atom. The Morgan fingerprint density at radius 1 is 0.333 bits per heavy atom. The summed E-state index contributed by atoms with van der Waals surface area (Å²) in [5, 5.41) is 23.4. The molecule has 0 bridgehead atoms. The van der Waals surface area contributed by atoms with E-state index in [2.05, 4.69) is 31.3 Å². The van der Waals surface area contributed by atoms with Crippen molar-refractivity contribution in [3.8, 4) is 0 Å². The maximum absolute atomic E-state index is 12.5. The van der Waals surface area contributed by atoms with Gasteiger partial charge in [-0.15, -0.1) is 0 Å². The van der Waals surface area contributed by atoms with Crippen LogP contribution in [0.15, 0.2) is 12.2 Å². The second-order valence-electron chi connectivity index (χ2n) is 26.0. The summed E-state index contributed by atoms with van der Waals surface area (Å²) in [4.78, 5) is 24.7. The lowest BCUT2D eigenvalue weighted by Gasteiger charge is -2.22. The standard InChI is InChI=1S/C75H147NO5/c1-3-5-7-9-11-13-15-17-19-21-23-32-35-39-43-47-51-55-59-63-67-73(78)72(71-77)76-74(79)68-64-60-56-52-48-44-40-36-33-30-28-26-24-25-27-29-31-34-38-42-46-50-54-58-62-66-70-81-75(80)69-65-61-57-53-49-45-41-37-22-20-18-16-14-12-10-8-6-4-2/h24,26,72-73,77-78H,3-23,25,27-71H2,1-2H3,(H,76,79)/b26-24-. The van der Waals surface area contributed by atoms with Crippen molar-refractivity contribution in [1.82, 2.24) is 5.32 Å². The van der Waals surface area contributed by atoms with Gasteiger partial charge in [0.05, 0.1) is 25.4 Å². The molecule has 0 aliphatic rings. The molecule has 0 aromatic carbocycles. The Morgan fingerprint density at radius 2 is 0.580 bits per heavy atom. The molecule has 0 aliphatic heterocycles. The number of hydrogen-bond donors (Lipinski definition) is 3. The third-order valence-corrected chi connectivity index (χ3v) is 17.8. The van der Waals surface area contributed by atoms with Crippen LogP contribution in [0.3, 0.4) is 0 Å². The number of rotatable bonds is 71. The number of carbonyl (C=O) groups is 2. The highest BCUT2D eigenvalue weighted by Crippen LogP contribution is 2.20. The van der Waals surface area contributed by atoms with Gasteiger partial charge in [0.15, 0.2) is 0 Å². The van der Waals surface area contributed by atoms with Crippen LogP contribution in [-0.4, -0.2) is 47.4 Å². The van der Waals surface area contributed by atoms with Crippen molar-refractivity contribution in [1.29, 1.82) is 0 Å². The van der Waals surface area contributed by atoms with Crippen molar-refractivity contribution in [3.63, 3.8) is 0 Å². The fraction of sp³-hybridized carbons (Fsp3) is 0.947. The third kappa shape index (κ3) is 67.6. The minimum absolute atomic E-state index is 0.0201. The average molecular weight is 1140 g/mol. The van der Waals surface area contributed by atoms with Crippen molar-refractivity contribution in [2.24, 2.45) is 0 Å². The minimum Gasteiger partial charge on any atom is -0.466 e. The van der Waals surface area contributed by atoms with Gasteiger partial charge in [-0.2, -0.15) is 0 Å². The van der Waals surface area contributed by atoms with Gasteiger partial charge in [0, 0.05) is 12.8 Å².